The Morgan fingerprint density at radius 2 is 1.93 bits per heavy atom. The number of carbonyl (C=O) groups is 1. The molecule has 1 spiro atoms. The van der Waals surface area contributed by atoms with Crippen LogP contribution in [0, 0.1) is 11.3 Å². The number of hydrogen-bond acceptors (Lipinski definition) is 3. The number of carbonyl (C=O) groups excluding carboxylic acids is 1. The van der Waals surface area contributed by atoms with Crippen molar-refractivity contribution in [2.45, 2.75) is 58.2 Å². The largest absolute Gasteiger partial charge is 0.416 e. The Kier molecular flexibility index (Phi) is 6.13. The van der Waals surface area contributed by atoms with Crippen molar-refractivity contribution < 1.29 is 18.0 Å². The summed E-state index contributed by atoms with van der Waals surface area (Å²) in [6.45, 7) is 6.24. The van der Waals surface area contributed by atoms with Crippen LogP contribution in [0.3, 0.4) is 0 Å². The Morgan fingerprint density at radius 1 is 1.28 bits per heavy atom. The number of pyridine rings is 1. The second kappa shape index (κ2) is 8.13. The van der Waals surface area contributed by atoms with Gasteiger partial charge >= 0.3 is 6.18 Å². The Balaban J connectivity index is 1.86. The van der Waals surface area contributed by atoms with Crippen LogP contribution in [0.4, 0.5) is 13.2 Å². The van der Waals surface area contributed by atoms with Crippen molar-refractivity contribution in [3.63, 3.8) is 0 Å². The summed E-state index contributed by atoms with van der Waals surface area (Å²) in [7, 11) is 1.46. The number of likely N-dealkylation sites (N-methyl/N-ethyl adjacent to an activating group) is 1. The molecular weight excluding hydrogens is 383 g/mol. The summed E-state index contributed by atoms with van der Waals surface area (Å²) in [5.74, 6) is -0.268. The molecule has 0 aromatic carbocycles. The predicted octanol–water partition coefficient (Wildman–Crippen LogP) is 3.23. The van der Waals surface area contributed by atoms with Crippen molar-refractivity contribution in [1.29, 1.82) is 0 Å². The van der Waals surface area contributed by atoms with E-state index in [9.17, 15) is 22.8 Å². The Bertz CT molecular complexity index is 804. The lowest BCUT2D eigenvalue weighted by atomic mass is 9.63. The first-order chi connectivity index (χ1) is 13.5. The van der Waals surface area contributed by atoms with Crippen molar-refractivity contribution in [2.75, 3.05) is 26.7 Å². The van der Waals surface area contributed by atoms with Crippen molar-refractivity contribution >= 4 is 5.91 Å². The second-order valence-corrected chi connectivity index (χ2v) is 9.03. The van der Waals surface area contributed by atoms with Crippen LogP contribution in [0.15, 0.2) is 17.1 Å². The van der Waals surface area contributed by atoms with Crippen LogP contribution in [0.5, 0.6) is 0 Å². The molecule has 2 heterocycles. The van der Waals surface area contributed by atoms with Gasteiger partial charge in [0.15, 0.2) is 0 Å². The van der Waals surface area contributed by atoms with Crippen molar-refractivity contribution in [2.24, 2.45) is 11.3 Å². The minimum atomic E-state index is -4.60. The molecular formula is C21H30F3N3O2. The van der Waals surface area contributed by atoms with Gasteiger partial charge < -0.3 is 14.8 Å². The molecule has 8 heteroatoms. The van der Waals surface area contributed by atoms with Crippen LogP contribution >= 0.6 is 0 Å². The van der Waals surface area contributed by atoms with Gasteiger partial charge in [-0.15, -0.1) is 0 Å². The highest BCUT2D eigenvalue weighted by atomic mass is 19.4. The summed E-state index contributed by atoms with van der Waals surface area (Å²) >= 11 is 0. The molecule has 1 N–H and O–H groups in total. The van der Waals surface area contributed by atoms with Crippen molar-refractivity contribution in [3.8, 4) is 0 Å². The number of rotatable bonds is 7. The molecule has 5 nitrogen and oxygen atoms in total. The van der Waals surface area contributed by atoms with Crippen LogP contribution in [0.1, 0.15) is 56.7 Å². The van der Waals surface area contributed by atoms with E-state index in [1.165, 1.54) is 37.1 Å². The van der Waals surface area contributed by atoms with Gasteiger partial charge in [-0.25, -0.2) is 0 Å². The molecule has 3 rings (SSSR count). The fourth-order valence-corrected chi connectivity index (χ4v) is 4.59. The Morgan fingerprint density at radius 3 is 2.41 bits per heavy atom. The van der Waals surface area contributed by atoms with Gasteiger partial charge in [-0.1, -0.05) is 20.3 Å². The van der Waals surface area contributed by atoms with E-state index in [4.69, 9.17) is 0 Å². The summed E-state index contributed by atoms with van der Waals surface area (Å²) in [5, 5.41) is 2.52. The maximum absolute atomic E-state index is 13.6. The molecule has 1 aromatic heterocycles. The van der Waals surface area contributed by atoms with Gasteiger partial charge in [0.05, 0.1) is 5.56 Å². The van der Waals surface area contributed by atoms with Crippen molar-refractivity contribution in [1.82, 2.24) is 14.8 Å². The Labute approximate surface area is 169 Å². The molecule has 1 aliphatic carbocycles. The van der Waals surface area contributed by atoms with Gasteiger partial charge in [-0.05, 0) is 42.6 Å². The standard InChI is InChI=1S/C21H30F3N3O2/c1-14(2)9-17(19(29)25-3)27-11-15(16(10-18(27)28)21(22,23)24)5-8-26-12-20(13-26)6-4-7-20/h10-11,14,17H,4-9,12-13H2,1-3H3,(H,25,29). The number of amides is 1. The van der Waals surface area contributed by atoms with Gasteiger partial charge in [0.25, 0.3) is 5.56 Å². The smallest absolute Gasteiger partial charge is 0.357 e. The highest BCUT2D eigenvalue weighted by molar-refractivity contribution is 5.80. The first-order valence-corrected chi connectivity index (χ1v) is 10.3. The van der Waals surface area contributed by atoms with Crippen LogP contribution in [0.25, 0.3) is 0 Å². The number of nitrogens with one attached hydrogen (secondary N) is 1. The lowest BCUT2D eigenvalue weighted by Crippen LogP contribution is -2.59. The molecule has 1 saturated heterocycles. The lowest BCUT2D eigenvalue weighted by Gasteiger charge is -2.56. The van der Waals surface area contributed by atoms with E-state index in [2.05, 4.69) is 10.2 Å². The third kappa shape index (κ3) is 4.68. The summed E-state index contributed by atoms with van der Waals surface area (Å²) in [5.41, 5.74) is -1.21. The average molecular weight is 413 g/mol. The van der Waals surface area contributed by atoms with Crippen molar-refractivity contribution in [3.05, 3.63) is 33.7 Å². The maximum Gasteiger partial charge on any atom is 0.416 e. The molecule has 0 bridgehead atoms. The fourth-order valence-electron chi connectivity index (χ4n) is 4.59. The molecule has 29 heavy (non-hydrogen) atoms. The van der Waals surface area contributed by atoms with E-state index in [1.807, 2.05) is 13.8 Å². The zero-order valence-corrected chi connectivity index (χ0v) is 17.3. The Hall–Kier alpha value is -1.83. The summed E-state index contributed by atoms with van der Waals surface area (Å²) in [6.07, 6.45) is 0.904. The van der Waals surface area contributed by atoms with Gasteiger partial charge in [0.2, 0.25) is 5.91 Å². The third-order valence-corrected chi connectivity index (χ3v) is 6.28. The van der Waals surface area contributed by atoms with Crippen LogP contribution in [-0.2, 0) is 17.4 Å². The van der Waals surface area contributed by atoms with E-state index in [-0.39, 0.29) is 23.8 Å². The highest BCUT2D eigenvalue weighted by Gasteiger charge is 2.46. The molecule has 0 radical (unpaired) electrons. The van der Waals surface area contributed by atoms with E-state index < -0.39 is 23.3 Å². The van der Waals surface area contributed by atoms with E-state index in [0.29, 0.717) is 24.4 Å². The number of likely N-dealkylation sites (tertiary alicyclic amines) is 1. The summed E-state index contributed by atoms with van der Waals surface area (Å²) in [6, 6.07) is -0.175. The fraction of sp³-hybridized carbons (Fsp3) is 0.714. The molecule has 1 amide bonds. The van der Waals surface area contributed by atoms with Crippen LogP contribution < -0.4 is 10.9 Å². The van der Waals surface area contributed by atoms with E-state index >= 15 is 0 Å². The first-order valence-electron chi connectivity index (χ1n) is 10.3. The van der Waals surface area contributed by atoms with Gasteiger partial charge in [0, 0.05) is 38.9 Å². The van der Waals surface area contributed by atoms with Crippen LogP contribution in [0.2, 0.25) is 0 Å². The van der Waals surface area contributed by atoms with Crippen LogP contribution in [-0.4, -0.2) is 42.1 Å². The van der Waals surface area contributed by atoms with Gasteiger partial charge in [-0.3, -0.25) is 9.59 Å². The summed E-state index contributed by atoms with van der Waals surface area (Å²) in [4.78, 5) is 27.0. The maximum atomic E-state index is 13.6. The number of alkyl halides is 3. The number of hydrogen-bond donors (Lipinski definition) is 1. The third-order valence-electron chi connectivity index (χ3n) is 6.28. The zero-order chi connectivity index (χ0) is 21.4. The molecule has 1 aliphatic heterocycles. The number of nitrogens with zero attached hydrogens (tertiary/aromatic N) is 2. The lowest BCUT2D eigenvalue weighted by molar-refractivity contribution is -0.138. The topological polar surface area (TPSA) is 54.3 Å². The normalized spacial score (nSPS) is 19.7. The average Bonchev–Trinajstić information content (AvgIpc) is 2.56. The highest BCUT2D eigenvalue weighted by Crippen LogP contribution is 2.48. The molecule has 1 atom stereocenters. The SMILES string of the molecule is CNC(=O)C(CC(C)C)n1cc(CCN2CC3(CCC3)C2)c(C(F)(F)F)cc1=O. The quantitative estimate of drug-likeness (QED) is 0.747. The molecule has 2 aliphatic rings. The zero-order valence-electron chi connectivity index (χ0n) is 17.3. The molecule has 1 unspecified atom stereocenters. The second-order valence-electron chi connectivity index (χ2n) is 9.03. The molecule has 1 saturated carbocycles. The molecule has 162 valence electrons. The van der Waals surface area contributed by atoms with Gasteiger partial charge in [-0.2, -0.15) is 13.2 Å². The van der Waals surface area contributed by atoms with E-state index in [0.717, 1.165) is 13.1 Å². The minimum Gasteiger partial charge on any atom is -0.357 e. The molecule has 2 fully saturated rings. The predicted molar refractivity (Wildman–Crippen MR) is 105 cm³/mol. The monoisotopic (exact) mass is 413 g/mol. The summed E-state index contributed by atoms with van der Waals surface area (Å²) < 4.78 is 41.9. The molecule has 1 aromatic rings. The minimum absolute atomic E-state index is 0.0734. The van der Waals surface area contributed by atoms with E-state index in [1.54, 1.807) is 0 Å². The van der Waals surface area contributed by atoms with Gasteiger partial charge in [0.1, 0.15) is 6.04 Å². The number of aromatic nitrogens is 1. The number of halogens is 3. The first kappa shape index (κ1) is 21.9.